The molecule has 0 saturated carbocycles. The third-order valence-corrected chi connectivity index (χ3v) is 3.13. The van der Waals surface area contributed by atoms with E-state index in [1.165, 1.54) is 12.4 Å². The van der Waals surface area contributed by atoms with Crippen molar-refractivity contribution < 1.29 is 4.74 Å². The van der Waals surface area contributed by atoms with Gasteiger partial charge in [-0.25, -0.2) is 15.0 Å². The minimum Gasteiger partial charge on any atom is -0.435 e. The van der Waals surface area contributed by atoms with Crippen molar-refractivity contribution in [1.29, 1.82) is 0 Å². The van der Waals surface area contributed by atoms with Gasteiger partial charge in [0.05, 0.1) is 12.4 Å². The lowest BCUT2D eigenvalue weighted by Gasteiger charge is -2.08. The Kier molecular flexibility index (Phi) is 3.45. The molecule has 3 rings (SSSR count). The second-order valence-corrected chi connectivity index (χ2v) is 4.93. The van der Waals surface area contributed by atoms with Gasteiger partial charge in [-0.1, -0.05) is 30.4 Å². The number of nitrogens with two attached hydrogens (primary N) is 1. The van der Waals surface area contributed by atoms with Crippen LogP contribution in [-0.2, 0) is 0 Å². The van der Waals surface area contributed by atoms with Gasteiger partial charge in [0, 0.05) is 11.1 Å². The Balaban J connectivity index is 1.97. The molecule has 0 radical (unpaired) electrons. The SMILES string of the molecule is Cc1ccc2cccc(Oc3cnc(C(N)=S)cn3)c2n1. The predicted octanol–water partition coefficient (Wildman–Crippen LogP) is 2.76. The van der Waals surface area contributed by atoms with Crippen LogP contribution in [0.5, 0.6) is 11.6 Å². The number of fused-ring (bicyclic) bond motifs is 1. The van der Waals surface area contributed by atoms with E-state index in [-0.39, 0.29) is 4.99 Å². The fourth-order valence-corrected chi connectivity index (χ4v) is 2.01. The van der Waals surface area contributed by atoms with Crippen molar-refractivity contribution in [2.75, 3.05) is 0 Å². The summed E-state index contributed by atoms with van der Waals surface area (Å²) in [6, 6.07) is 9.70. The summed E-state index contributed by atoms with van der Waals surface area (Å²) in [4.78, 5) is 13.0. The number of nitrogens with zero attached hydrogens (tertiary/aromatic N) is 3. The summed E-state index contributed by atoms with van der Waals surface area (Å²) >= 11 is 4.84. The van der Waals surface area contributed by atoms with Crippen molar-refractivity contribution in [3.8, 4) is 11.6 Å². The van der Waals surface area contributed by atoms with Crippen molar-refractivity contribution >= 4 is 28.1 Å². The number of aryl methyl sites for hydroxylation is 1. The Morgan fingerprint density at radius 2 is 2.00 bits per heavy atom. The summed E-state index contributed by atoms with van der Waals surface area (Å²) in [6.45, 7) is 1.94. The number of hydrogen-bond acceptors (Lipinski definition) is 5. The van der Waals surface area contributed by atoms with Crippen LogP contribution in [0, 0.1) is 6.92 Å². The number of ether oxygens (including phenoxy) is 1. The summed E-state index contributed by atoms with van der Waals surface area (Å²) in [5.74, 6) is 0.999. The number of benzene rings is 1. The van der Waals surface area contributed by atoms with E-state index in [9.17, 15) is 0 Å². The maximum absolute atomic E-state index is 5.76. The van der Waals surface area contributed by atoms with Crippen LogP contribution in [0.2, 0.25) is 0 Å². The third-order valence-electron chi connectivity index (χ3n) is 2.92. The van der Waals surface area contributed by atoms with E-state index in [1.54, 1.807) is 0 Å². The van der Waals surface area contributed by atoms with E-state index in [0.717, 1.165) is 16.6 Å². The predicted molar refractivity (Wildman–Crippen MR) is 84.5 cm³/mol. The van der Waals surface area contributed by atoms with Crippen LogP contribution in [0.4, 0.5) is 0 Å². The summed E-state index contributed by atoms with van der Waals surface area (Å²) < 4.78 is 5.76. The molecular weight excluding hydrogens is 284 g/mol. The molecule has 5 nitrogen and oxygen atoms in total. The third kappa shape index (κ3) is 2.80. The van der Waals surface area contributed by atoms with Gasteiger partial charge in [-0.2, -0.15) is 0 Å². The van der Waals surface area contributed by atoms with Gasteiger partial charge in [0.25, 0.3) is 0 Å². The number of para-hydroxylation sites is 1. The normalized spacial score (nSPS) is 10.5. The van der Waals surface area contributed by atoms with Crippen LogP contribution in [0.15, 0.2) is 42.7 Å². The molecule has 1 aromatic carbocycles. The maximum atomic E-state index is 5.76. The van der Waals surface area contributed by atoms with E-state index >= 15 is 0 Å². The van der Waals surface area contributed by atoms with E-state index in [4.69, 9.17) is 22.7 Å². The van der Waals surface area contributed by atoms with Crippen molar-refractivity contribution in [3.05, 3.63) is 54.1 Å². The fourth-order valence-electron chi connectivity index (χ4n) is 1.91. The van der Waals surface area contributed by atoms with Gasteiger partial charge >= 0.3 is 0 Å². The minimum atomic E-state index is 0.205. The molecule has 0 bridgehead atoms. The quantitative estimate of drug-likeness (QED) is 0.749. The van der Waals surface area contributed by atoms with Crippen molar-refractivity contribution in [2.24, 2.45) is 5.73 Å². The molecule has 3 aromatic rings. The molecule has 2 N–H and O–H groups in total. The number of rotatable bonds is 3. The molecule has 0 amide bonds. The molecule has 0 atom stereocenters. The van der Waals surface area contributed by atoms with Crippen molar-refractivity contribution in [2.45, 2.75) is 6.92 Å². The molecule has 21 heavy (non-hydrogen) atoms. The maximum Gasteiger partial charge on any atom is 0.237 e. The highest BCUT2D eigenvalue weighted by Crippen LogP contribution is 2.27. The molecule has 104 valence electrons. The lowest BCUT2D eigenvalue weighted by atomic mass is 10.2. The van der Waals surface area contributed by atoms with Gasteiger partial charge in [0.2, 0.25) is 5.88 Å². The van der Waals surface area contributed by atoms with Gasteiger partial charge in [-0.3, -0.25) is 0 Å². The van der Waals surface area contributed by atoms with Crippen LogP contribution in [-0.4, -0.2) is 19.9 Å². The minimum absolute atomic E-state index is 0.205. The molecule has 0 aliphatic rings. The zero-order valence-corrected chi connectivity index (χ0v) is 12.1. The highest BCUT2D eigenvalue weighted by molar-refractivity contribution is 7.80. The Labute approximate surface area is 126 Å². The molecule has 0 aliphatic carbocycles. The first kappa shape index (κ1) is 13.4. The molecule has 2 heterocycles. The van der Waals surface area contributed by atoms with Crippen LogP contribution in [0.25, 0.3) is 10.9 Å². The van der Waals surface area contributed by atoms with Crippen LogP contribution in [0.3, 0.4) is 0 Å². The lowest BCUT2D eigenvalue weighted by molar-refractivity contribution is 0.464. The summed E-state index contributed by atoms with van der Waals surface area (Å²) in [5, 5.41) is 1.01. The fraction of sp³-hybridized carbons (Fsp3) is 0.0667. The van der Waals surface area contributed by atoms with E-state index in [2.05, 4.69) is 15.0 Å². The summed E-state index contributed by atoms with van der Waals surface area (Å²) in [6.07, 6.45) is 2.98. The van der Waals surface area contributed by atoms with Crippen LogP contribution >= 0.6 is 12.2 Å². The number of pyridine rings is 1. The monoisotopic (exact) mass is 296 g/mol. The number of aromatic nitrogens is 3. The van der Waals surface area contributed by atoms with Crippen molar-refractivity contribution in [1.82, 2.24) is 15.0 Å². The summed E-state index contributed by atoms with van der Waals surface area (Å²) in [7, 11) is 0. The molecular formula is C15H12N4OS. The van der Waals surface area contributed by atoms with Gasteiger partial charge < -0.3 is 10.5 Å². The Hall–Kier alpha value is -2.60. The topological polar surface area (TPSA) is 73.9 Å². The Bertz CT molecular complexity index is 818. The van der Waals surface area contributed by atoms with Crippen LogP contribution < -0.4 is 10.5 Å². The average molecular weight is 296 g/mol. The molecule has 0 aliphatic heterocycles. The van der Waals surface area contributed by atoms with Crippen LogP contribution in [0.1, 0.15) is 11.4 Å². The first-order valence-corrected chi connectivity index (χ1v) is 6.70. The number of thiocarbonyl (C=S) groups is 1. The molecule has 0 unspecified atom stereocenters. The van der Waals surface area contributed by atoms with Gasteiger partial charge in [-0.15, -0.1) is 0 Å². The van der Waals surface area contributed by atoms with E-state index < -0.39 is 0 Å². The zero-order chi connectivity index (χ0) is 14.8. The standard InChI is InChI=1S/C15H12N4OS/c1-9-5-6-10-3-2-4-12(14(10)19-9)20-13-8-17-11(7-18-13)15(16)21/h2-8H,1H3,(H2,16,21). The zero-order valence-electron chi connectivity index (χ0n) is 11.3. The highest BCUT2D eigenvalue weighted by atomic mass is 32.1. The molecule has 0 fully saturated rings. The number of hydrogen-bond donors (Lipinski definition) is 1. The second kappa shape index (κ2) is 5.41. The largest absolute Gasteiger partial charge is 0.435 e. The van der Waals surface area contributed by atoms with Gasteiger partial charge in [0.1, 0.15) is 16.2 Å². The van der Waals surface area contributed by atoms with Gasteiger partial charge in [0.15, 0.2) is 5.75 Å². The summed E-state index contributed by atoms with van der Waals surface area (Å²) in [5.41, 5.74) is 7.66. The smallest absolute Gasteiger partial charge is 0.237 e. The Morgan fingerprint density at radius 3 is 2.71 bits per heavy atom. The first-order chi connectivity index (χ1) is 10.1. The molecule has 2 aromatic heterocycles. The van der Waals surface area contributed by atoms with E-state index in [0.29, 0.717) is 17.3 Å². The van der Waals surface area contributed by atoms with E-state index in [1.807, 2.05) is 37.3 Å². The van der Waals surface area contributed by atoms with Gasteiger partial charge in [-0.05, 0) is 19.1 Å². The molecule has 0 spiro atoms. The first-order valence-electron chi connectivity index (χ1n) is 6.29. The second-order valence-electron chi connectivity index (χ2n) is 4.49. The Morgan fingerprint density at radius 1 is 1.14 bits per heavy atom. The molecule has 0 saturated heterocycles. The lowest BCUT2D eigenvalue weighted by Crippen LogP contribution is -2.11. The molecule has 6 heteroatoms. The van der Waals surface area contributed by atoms with Crippen molar-refractivity contribution in [3.63, 3.8) is 0 Å². The average Bonchev–Trinajstić information content (AvgIpc) is 2.48. The highest BCUT2D eigenvalue weighted by Gasteiger charge is 2.07.